The van der Waals surface area contributed by atoms with Crippen LogP contribution in [-0.2, 0) is 0 Å². The predicted octanol–water partition coefficient (Wildman–Crippen LogP) is 7.03. The zero-order valence-electron chi connectivity index (χ0n) is 18.7. The first-order valence-electron chi connectivity index (χ1n) is 11.4. The van der Waals surface area contributed by atoms with Gasteiger partial charge in [-0.3, -0.25) is 4.79 Å². The summed E-state index contributed by atoms with van der Waals surface area (Å²) in [7, 11) is 0. The molecular weight excluding hydrogens is 368 g/mol. The van der Waals surface area contributed by atoms with E-state index in [2.05, 4.69) is 30.9 Å². The minimum absolute atomic E-state index is 0.149. The molecule has 3 heteroatoms. The molecule has 3 aromatic rings. The van der Waals surface area contributed by atoms with Crippen LogP contribution in [0.25, 0.3) is 22.2 Å². The van der Waals surface area contributed by atoms with Gasteiger partial charge in [0.05, 0.1) is 16.8 Å². The number of hydrogen-bond acceptors (Lipinski definition) is 2. The number of carbonyl (C=O) groups excluding carboxylic acids is 1. The maximum absolute atomic E-state index is 13.8. The first kappa shape index (κ1) is 22.0. The minimum Gasteiger partial charge on any atom is -0.339 e. The molecule has 3 nitrogen and oxygen atoms in total. The van der Waals surface area contributed by atoms with Crippen LogP contribution in [-0.4, -0.2) is 28.9 Å². The van der Waals surface area contributed by atoms with Gasteiger partial charge in [-0.25, -0.2) is 4.98 Å². The Morgan fingerprint density at radius 2 is 1.43 bits per heavy atom. The first-order valence-corrected chi connectivity index (χ1v) is 11.4. The van der Waals surface area contributed by atoms with E-state index in [4.69, 9.17) is 4.98 Å². The van der Waals surface area contributed by atoms with Crippen molar-refractivity contribution in [1.29, 1.82) is 0 Å². The molecule has 0 fully saturated rings. The van der Waals surface area contributed by atoms with Crippen molar-refractivity contribution < 1.29 is 4.79 Å². The average molecular weight is 403 g/mol. The molecule has 0 aliphatic carbocycles. The van der Waals surface area contributed by atoms with Gasteiger partial charge in [0.15, 0.2) is 0 Å². The Morgan fingerprint density at radius 3 is 2.07 bits per heavy atom. The van der Waals surface area contributed by atoms with Crippen molar-refractivity contribution in [3.05, 3.63) is 65.7 Å². The third kappa shape index (κ3) is 5.08. The molecule has 0 atom stereocenters. The van der Waals surface area contributed by atoms with E-state index in [1.54, 1.807) is 0 Å². The number of unbranched alkanes of at least 4 members (excludes halogenated alkanes) is 4. The number of carbonyl (C=O) groups is 1. The Bertz CT molecular complexity index is 955. The zero-order chi connectivity index (χ0) is 21.3. The van der Waals surface area contributed by atoms with Gasteiger partial charge < -0.3 is 4.90 Å². The van der Waals surface area contributed by atoms with Gasteiger partial charge in [0.25, 0.3) is 5.91 Å². The summed E-state index contributed by atoms with van der Waals surface area (Å²) in [4.78, 5) is 20.9. The van der Waals surface area contributed by atoms with Gasteiger partial charge in [-0.1, -0.05) is 88.1 Å². The van der Waals surface area contributed by atoms with E-state index in [1.807, 2.05) is 49.4 Å². The Balaban J connectivity index is 2.06. The zero-order valence-corrected chi connectivity index (χ0v) is 18.7. The second kappa shape index (κ2) is 10.9. The van der Waals surface area contributed by atoms with Crippen LogP contribution in [0.4, 0.5) is 0 Å². The molecule has 2 aromatic carbocycles. The molecule has 0 N–H and O–H groups in total. The summed E-state index contributed by atoms with van der Waals surface area (Å²) in [5.41, 5.74) is 4.62. The minimum atomic E-state index is 0.149. The molecule has 0 saturated heterocycles. The van der Waals surface area contributed by atoms with Gasteiger partial charge >= 0.3 is 0 Å². The van der Waals surface area contributed by atoms with Gasteiger partial charge in [0.1, 0.15) is 0 Å². The SMILES string of the molecule is CCCCCN(CCCCC)C(=O)c1c(C)c(-c2ccccc2)nc2ccccc12. The molecule has 1 heterocycles. The van der Waals surface area contributed by atoms with E-state index in [0.29, 0.717) is 0 Å². The summed E-state index contributed by atoms with van der Waals surface area (Å²) in [6.45, 7) is 8.11. The standard InChI is InChI=1S/C27H34N2O/c1-4-6-13-19-29(20-14-7-5-2)27(30)25-21(3)26(22-15-9-8-10-16-22)28-24-18-12-11-17-23(24)25/h8-12,15-18H,4-7,13-14,19-20H2,1-3H3. The Hall–Kier alpha value is -2.68. The number of pyridine rings is 1. The monoisotopic (exact) mass is 402 g/mol. The third-order valence-electron chi connectivity index (χ3n) is 5.75. The summed E-state index contributed by atoms with van der Waals surface area (Å²) >= 11 is 0. The van der Waals surface area contributed by atoms with Crippen molar-refractivity contribution in [2.45, 2.75) is 59.3 Å². The molecular formula is C27H34N2O. The van der Waals surface area contributed by atoms with E-state index in [9.17, 15) is 4.79 Å². The van der Waals surface area contributed by atoms with Gasteiger partial charge in [-0.2, -0.15) is 0 Å². The maximum Gasteiger partial charge on any atom is 0.254 e. The highest BCUT2D eigenvalue weighted by Crippen LogP contribution is 2.30. The second-order valence-electron chi connectivity index (χ2n) is 8.05. The lowest BCUT2D eigenvalue weighted by Gasteiger charge is -2.25. The number of fused-ring (bicyclic) bond motifs is 1. The van der Waals surface area contributed by atoms with Gasteiger partial charge in [0, 0.05) is 24.0 Å². The molecule has 30 heavy (non-hydrogen) atoms. The molecule has 0 radical (unpaired) electrons. The fourth-order valence-electron chi connectivity index (χ4n) is 4.04. The fraction of sp³-hybridized carbons (Fsp3) is 0.407. The van der Waals surface area contributed by atoms with Crippen LogP contribution >= 0.6 is 0 Å². The Labute approximate surface area is 181 Å². The van der Waals surface area contributed by atoms with E-state index >= 15 is 0 Å². The van der Waals surface area contributed by atoms with Gasteiger partial charge in [-0.15, -0.1) is 0 Å². The lowest BCUT2D eigenvalue weighted by atomic mass is 9.96. The molecule has 0 aliphatic heterocycles. The molecule has 3 rings (SSSR count). The van der Waals surface area contributed by atoms with Crippen LogP contribution < -0.4 is 0 Å². The molecule has 0 bridgehead atoms. The highest BCUT2D eigenvalue weighted by atomic mass is 16.2. The van der Waals surface area contributed by atoms with Crippen LogP contribution in [0.15, 0.2) is 54.6 Å². The number of benzene rings is 2. The number of para-hydroxylation sites is 1. The van der Waals surface area contributed by atoms with Crippen LogP contribution in [0, 0.1) is 6.92 Å². The normalized spacial score (nSPS) is 11.0. The molecule has 0 spiro atoms. The quantitative estimate of drug-likeness (QED) is 0.341. The first-order chi connectivity index (χ1) is 14.7. The van der Waals surface area contributed by atoms with Crippen LogP contribution in [0.3, 0.4) is 0 Å². The molecule has 1 amide bonds. The molecule has 1 aromatic heterocycles. The number of nitrogens with zero attached hydrogens (tertiary/aromatic N) is 2. The Kier molecular flexibility index (Phi) is 8.01. The molecule has 0 unspecified atom stereocenters. The third-order valence-corrected chi connectivity index (χ3v) is 5.75. The summed E-state index contributed by atoms with van der Waals surface area (Å²) in [5, 5.41) is 0.954. The van der Waals surface area contributed by atoms with Crippen molar-refractivity contribution in [1.82, 2.24) is 9.88 Å². The van der Waals surface area contributed by atoms with Crippen LogP contribution in [0.5, 0.6) is 0 Å². The van der Waals surface area contributed by atoms with Crippen LogP contribution in [0.1, 0.15) is 68.3 Å². The van der Waals surface area contributed by atoms with E-state index in [-0.39, 0.29) is 5.91 Å². The van der Waals surface area contributed by atoms with Crippen LogP contribution in [0.2, 0.25) is 0 Å². The van der Waals surface area contributed by atoms with Gasteiger partial charge in [0.2, 0.25) is 0 Å². The summed E-state index contributed by atoms with van der Waals surface area (Å²) in [6.07, 6.45) is 6.74. The van der Waals surface area contributed by atoms with E-state index in [1.165, 1.54) is 0 Å². The Morgan fingerprint density at radius 1 is 0.833 bits per heavy atom. The van der Waals surface area contributed by atoms with Crippen molar-refractivity contribution in [3.63, 3.8) is 0 Å². The van der Waals surface area contributed by atoms with Crippen molar-refractivity contribution >= 4 is 16.8 Å². The molecule has 158 valence electrons. The van der Waals surface area contributed by atoms with Crippen molar-refractivity contribution in [3.8, 4) is 11.3 Å². The lowest BCUT2D eigenvalue weighted by Crippen LogP contribution is -2.33. The molecule has 0 aliphatic rings. The average Bonchev–Trinajstić information content (AvgIpc) is 2.78. The van der Waals surface area contributed by atoms with E-state index < -0.39 is 0 Å². The molecule has 0 saturated carbocycles. The highest BCUT2D eigenvalue weighted by Gasteiger charge is 2.23. The topological polar surface area (TPSA) is 33.2 Å². The smallest absolute Gasteiger partial charge is 0.254 e. The number of aromatic nitrogens is 1. The largest absolute Gasteiger partial charge is 0.339 e. The maximum atomic E-state index is 13.8. The summed E-state index contributed by atoms with van der Waals surface area (Å²) < 4.78 is 0. The second-order valence-corrected chi connectivity index (χ2v) is 8.05. The van der Waals surface area contributed by atoms with E-state index in [0.717, 1.165) is 84.9 Å². The number of rotatable bonds is 10. The van der Waals surface area contributed by atoms with Crippen molar-refractivity contribution in [2.75, 3.05) is 13.1 Å². The van der Waals surface area contributed by atoms with Gasteiger partial charge in [-0.05, 0) is 31.4 Å². The van der Waals surface area contributed by atoms with Crippen molar-refractivity contribution in [2.24, 2.45) is 0 Å². The highest BCUT2D eigenvalue weighted by molar-refractivity contribution is 6.08. The number of amides is 1. The summed E-state index contributed by atoms with van der Waals surface area (Å²) in [5.74, 6) is 0.149. The number of hydrogen-bond donors (Lipinski definition) is 0. The predicted molar refractivity (Wildman–Crippen MR) is 127 cm³/mol. The summed E-state index contributed by atoms with van der Waals surface area (Å²) in [6, 6.07) is 18.2. The lowest BCUT2D eigenvalue weighted by molar-refractivity contribution is 0.0751. The fourth-order valence-corrected chi connectivity index (χ4v) is 4.04.